The van der Waals surface area contributed by atoms with Crippen LogP contribution >= 0.6 is 0 Å². The van der Waals surface area contributed by atoms with Crippen molar-refractivity contribution in [1.29, 1.82) is 0 Å². The summed E-state index contributed by atoms with van der Waals surface area (Å²) in [6.07, 6.45) is 0. The first kappa shape index (κ1) is 9.71. The van der Waals surface area contributed by atoms with Crippen LogP contribution in [0.4, 0.5) is 0 Å². The second-order valence-corrected chi connectivity index (χ2v) is 3.14. The minimum Gasteiger partial charge on any atom is -0.270 e. The van der Waals surface area contributed by atoms with Gasteiger partial charge in [-0.1, -0.05) is 19.9 Å². The van der Waals surface area contributed by atoms with E-state index in [2.05, 4.69) is 30.7 Å². The summed E-state index contributed by atoms with van der Waals surface area (Å²) < 4.78 is 1.77. The van der Waals surface area contributed by atoms with Crippen molar-refractivity contribution in [1.82, 2.24) is 4.68 Å². The highest BCUT2D eigenvalue weighted by molar-refractivity contribution is 5.24. The van der Waals surface area contributed by atoms with Crippen LogP contribution < -0.4 is 5.49 Å². The largest absolute Gasteiger partial charge is 0.270 e. The van der Waals surface area contributed by atoms with Crippen LogP contribution in [-0.4, -0.2) is 18.4 Å². The van der Waals surface area contributed by atoms with E-state index < -0.39 is 0 Å². The molecule has 70 valence electrons. The predicted octanol–water partition coefficient (Wildman–Crippen LogP) is 1.61. The van der Waals surface area contributed by atoms with Crippen LogP contribution in [0.2, 0.25) is 0 Å². The first-order valence-corrected chi connectivity index (χ1v) is 4.32. The van der Waals surface area contributed by atoms with Gasteiger partial charge < -0.3 is 0 Å². The van der Waals surface area contributed by atoms with Gasteiger partial charge in [0, 0.05) is 19.5 Å². The summed E-state index contributed by atoms with van der Waals surface area (Å²) in [4.78, 5) is 4.11. The molecule has 0 spiro atoms. The molecule has 0 aliphatic heterocycles. The third kappa shape index (κ3) is 1.86. The van der Waals surface area contributed by atoms with E-state index >= 15 is 0 Å². The van der Waals surface area contributed by atoms with E-state index in [0.717, 1.165) is 11.2 Å². The minimum absolute atomic E-state index is 0.423. The van der Waals surface area contributed by atoms with E-state index in [1.165, 1.54) is 0 Å². The summed E-state index contributed by atoms with van der Waals surface area (Å²) >= 11 is 0. The number of aromatic nitrogens is 1. The highest BCUT2D eigenvalue weighted by Crippen LogP contribution is 2.10. The molecular formula is C10H15N3. The van der Waals surface area contributed by atoms with Crippen molar-refractivity contribution in [3.8, 4) is 0 Å². The fraction of sp³-hybridized carbons (Fsp3) is 0.400. The fourth-order valence-corrected chi connectivity index (χ4v) is 1.27. The molecule has 0 saturated carbocycles. The highest BCUT2D eigenvalue weighted by atomic mass is 15.3. The molecule has 0 saturated heterocycles. The van der Waals surface area contributed by atoms with Crippen LogP contribution in [0.25, 0.3) is 0 Å². The molecule has 0 radical (unpaired) electrons. The van der Waals surface area contributed by atoms with Gasteiger partial charge in [-0.2, -0.15) is 5.10 Å². The summed E-state index contributed by atoms with van der Waals surface area (Å²) in [6.45, 7) is 7.78. The molecule has 1 aromatic rings. The predicted molar refractivity (Wildman–Crippen MR) is 55.0 cm³/mol. The number of hydrogen-bond acceptors (Lipinski definition) is 2. The lowest BCUT2D eigenvalue weighted by atomic mass is 10.1. The summed E-state index contributed by atoms with van der Waals surface area (Å²) in [5, 5.41) is 3.94. The molecule has 0 bridgehead atoms. The minimum atomic E-state index is 0.423. The zero-order valence-corrected chi connectivity index (χ0v) is 8.36. The Morgan fingerprint density at radius 3 is 2.54 bits per heavy atom. The second-order valence-electron chi connectivity index (χ2n) is 3.14. The van der Waals surface area contributed by atoms with Crippen LogP contribution in [0.1, 0.15) is 25.5 Å². The standard InChI is InChI=1S/C10H15N3/c1-8(2)9-6-5-7-10(11-3)13(9)12-4/h5-8H,4H2,1-3H3. The molecular weight excluding hydrogens is 162 g/mol. The molecule has 3 nitrogen and oxygen atoms in total. The van der Waals surface area contributed by atoms with Crippen molar-refractivity contribution < 1.29 is 0 Å². The van der Waals surface area contributed by atoms with Gasteiger partial charge in [0.1, 0.15) is 5.49 Å². The SMILES string of the molecule is C=Nn1c(C(C)C)cccc1=NC. The van der Waals surface area contributed by atoms with Crippen LogP contribution in [0.15, 0.2) is 28.3 Å². The van der Waals surface area contributed by atoms with Gasteiger partial charge in [0.2, 0.25) is 0 Å². The van der Waals surface area contributed by atoms with E-state index in [9.17, 15) is 0 Å². The van der Waals surface area contributed by atoms with E-state index in [1.807, 2.05) is 18.2 Å². The Labute approximate surface area is 78.4 Å². The molecule has 0 unspecified atom stereocenters. The Morgan fingerprint density at radius 1 is 1.38 bits per heavy atom. The van der Waals surface area contributed by atoms with Crippen LogP contribution in [0.3, 0.4) is 0 Å². The lowest BCUT2D eigenvalue weighted by Gasteiger charge is -2.10. The van der Waals surface area contributed by atoms with E-state index in [0.29, 0.717) is 5.92 Å². The molecule has 1 heterocycles. The maximum absolute atomic E-state index is 4.11. The van der Waals surface area contributed by atoms with Gasteiger partial charge in [-0.15, -0.1) is 0 Å². The van der Waals surface area contributed by atoms with E-state index in [-0.39, 0.29) is 0 Å². The van der Waals surface area contributed by atoms with Gasteiger partial charge in [-0.25, -0.2) is 4.68 Å². The van der Waals surface area contributed by atoms with Gasteiger partial charge in [0.25, 0.3) is 0 Å². The van der Waals surface area contributed by atoms with Crippen molar-refractivity contribution in [2.75, 3.05) is 7.05 Å². The molecule has 0 amide bonds. The smallest absolute Gasteiger partial charge is 0.148 e. The van der Waals surface area contributed by atoms with Gasteiger partial charge in [-0.3, -0.25) is 4.99 Å². The number of nitrogens with zero attached hydrogens (tertiary/aromatic N) is 3. The average molecular weight is 177 g/mol. The van der Waals surface area contributed by atoms with Crippen LogP contribution in [-0.2, 0) is 0 Å². The van der Waals surface area contributed by atoms with E-state index in [4.69, 9.17) is 0 Å². The molecule has 0 atom stereocenters. The summed E-state index contributed by atoms with van der Waals surface area (Å²) in [6, 6.07) is 5.94. The summed E-state index contributed by atoms with van der Waals surface area (Å²) in [5.74, 6) is 0.423. The molecule has 0 aromatic carbocycles. The summed E-state index contributed by atoms with van der Waals surface area (Å²) in [5.41, 5.74) is 1.96. The van der Waals surface area contributed by atoms with Crippen molar-refractivity contribution in [2.45, 2.75) is 19.8 Å². The van der Waals surface area contributed by atoms with Gasteiger partial charge in [0.15, 0.2) is 0 Å². The number of rotatable bonds is 2. The van der Waals surface area contributed by atoms with Gasteiger partial charge in [-0.05, 0) is 18.1 Å². The zero-order valence-electron chi connectivity index (χ0n) is 8.36. The van der Waals surface area contributed by atoms with Crippen molar-refractivity contribution in [2.24, 2.45) is 10.1 Å². The van der Waals surface area contributed by atoms with Crippen molar-refractivity contribution >= 4 is 6.72 Å². The first-order chi connectivity index (χ1) is 6.20. The lowest BCUT2D eigenvalue weighted by Crippen LogP contribution is -2.20. The first-order valence-electron chi connectivity index (χ1n) is 4.32. The highest BCUT2D eigenvalue weighted by Gasteiger charge is 2.03. The maximum Gasteiger partial charge on any atom is 0.148 e. The number of pyridine rings is 1. The molecule has 0 fully saturated rings. The molecule has 3 heteroatoms. The Balaban J connectivity index is 3.45. The molecule has 1 rings (SSSR count). The third-order valence-corrected chi connectivity index (χ3v) is 1.94. The van der Waals surface area contributed by atoms with Crippen molar-refractivity contribution in [3.05, 3.63) is 29.4 Å². The molecule has 0 N–H and O–H groups in total. The maximum atomic E-state index is 4.11. The van der Waals surface area contributed by atoms with Crippen LogP contribution in [0.5, 0.6) is 0 Å². The third-order valence-electron chi connectivity index (χ3n) is 1.94. The monoisotopic (exact) mass is 177 g/mol. The number of hydrogen-bond donors (Lipinski definition) is 0. The normalized spacial score (nSPS) is 12.2. The molecule has 13 heavy (non-hydrogen) atoms. The van der Waals surface area contributed by atoms with Crippen molar-refractivity contribution in [3.63, 3.8) is 0 Å². The average Bonchev–Trinajstić information content (AvgIpc) is 2.16. The lowest BCUT2D eigenvalue weighted by molar-refractivity contribution is 0.684. The molecule has 0 aliphatic rings. The zero-order chi connectivity index (χ0) is 9.84. The Morgan fingerprint density at radius 2 is 2.08 bits per heavy atom. The second kappa shape index (κ2) is 4.03. The Kier molecular flexibility index (Phi) is 3.01. The topological polar surface area (TPSA) is 29.6 Å². The van der Waals surface area contributed by atoms with E-state index in [1.54, 1.807) is 11.7 Å². The fourth-order valence-electron chi connectivity index (χ4n) is 1.27. The summed E-state index contributed by atoms with van der Waals surface area (Å²) in [7, 11) is 1.75. The van der Waals surface area contributed by atoms with Crippen LogP contribution in [0, 0.1) is 0 Å². The quantitative estimate of drug-likeness (QED) is 0.614. The Hall–Kier alpha value is -1.38. The molecule has 1 aromatic heterocycles. The Bertz CT molecular complexity index is 361. The van der Waals surface area contributed by atoms with Gasteiger partial charge in [0.05, 0.1) is 0 Å². The molecule has 0 aliphatic carbocycles. The van der Waals surface area contributed by atoms with Gasteiger partial charge >= 0.3 is 0 Å².